The van der Waals surface area contributed by atoms with Gasteiger partial charge >= 0.3 is 6.09 Å². The highest BCUT2D eigenvalue weighted by molar-refractivity contribution is 6.32. The minimum Gasteiger partial charge on any atom is -0.507 e. The summed E-state index contributed by atoms with van der Waals surface area (Å²) in [5.41, 5.74) is -0.621. The summed E-state index contributed by atoms with van der Waals surface area (Å²) >= 11 is 0. The lowest BCUT2D eigenvalue weighted by Gasteiger charge is -2.44. The van der Waals surface area contributed by atoms with E-state index in [-0.39, 0.29) is 83.0 Å². The second-order valence-corrected chi connectivity index (χ2v) is 19.2. The molecule has 6 aliphatic rings. The number of ether oxygens (including phenoxy) is 7. The highest BCUT2D eigenvalue weighted by Gasteiger charge is 2.55. The number of Topliss-reactive ketones (excluding diaryl/α,β-unsaturated/α-hetero) is 1. The van der Waals surface area contributed by atoms with Gasteiger partial charge in [-0.05, 0) is 43.5 Å². The number of morpholine rings is 1. The minimum absolute atomic E-state index is 0.0437. The SMILES string of the molecule is COc1cccc2c1C(=N)c1c(O)c3c(c(O)c1C2=O)C[C@@](O)(C(=O)CN1CCN(C(=O)OC(C)(C)c2ccc(-c4ccccc4)cc2)CC1)C[C@@H]3O[C@H]1C[C@H]2[C@H](O[C@@H]3[C@@H](OC)OCCN32)[C@H](C)O1. The van der Waals surface area contributed by atoms with E-state index in [1.54, 1.807) is 24.1 Å². The number of methoxy groups -OCH3 is 2. The van der Waals surface area contributed by atoms with Crippen molar-refractivity contribution in [3.8, 4) is 28.4 Å². The average Bonchev–Trinajstić information content (AvgIpc) is 3.73. The maximum absolute atomic E-state index is 14.6. The first kappa shape index (κ1) is 46.9. The van der Waals surface area contributed by atoms with Crippen LogP contribution in [0.15, 0.2) is 72.8 Å². The number of nitrogens with zero attached hydrogens (tertiary/aromatic N) is 3. The highest BCUT2D eigenvalue weighted by Crippen LogP contribution is 2.53. The van der Waals surface area contributed by atoms with Crippen LogP contribution in [0.25, 0.3) is 11.1 Å². The Morgan fingerprint density at radius 2 is 1.61 bits per heavy atom. The van der Waals surface area contributed by atoms with Crippen LogP contribution in [0.1, 0.15) is 83.5 Å². The van der Waals surface area contributed by atoms with Crippen LogP contribution >= 0.6 is 0 Å². The number of hydrogen-bond donors (Lipinski definition) is 4. The van der Waals surface area contributed by atoms with Crippen LogP contribution in [-0.4, -0.2) is 156 Å². The number of fused-ring (bicyclic) bond motifs is 6. The number of benzene rings is 4. The Hall–Kier alpha value is -5.76. The molecule has 364 valence electrons. The molecular weight excluding hydrogens is 889 g/mol. The maximum atomic E-state index is 14.6. The van der Waals surface area contributed by atoms with Crippen molar-refractivity contribution in [2.24, 2.45) is 0 Å². The van der Waals surface area contributed by atoms with Gasteiger partial charge in [-0.1, -0.05) is 66.7 Å². The number of carbonyl (C=O) groups is 3. The molecule has 0 unspecified atom stereocenters. The Balaban J connectivity index is 0.883. The lowest BCUT2D eigenvalue weighted by atomic mass is 9.71. The number of hydrogen-bond acceptors (Lipinski definition) is 16. The molecule has 10 rings (SSSR count). The third kappa shape index (κ3) is 8.27. The largest absolute Gasteiger partial charge is 0.507 e. The molecule has 69 heavy (non-hydrogen) atoms. The molecule has 0 aromatic heterocycles. The second kappa shape index (κ2) is 18.2. The predicted molar refractivity (Wildman–Crippen MR) is 248 cm³/mol. The Kier molecular flexibility index (Phi) is 12.4. The molecule has 2 aliphatic carbocycles. The zero-order valence-corrected chi connectivity index (χ0v) is 39.3. The standard InChI is InChI=1S/C52H58N4O13/c1-28-47-34(56-22-23-65-49(64-5)48(56)68-47)24-38(66-28)67-36-26-52(62,25-33-40(36)46(60)41-42(45(33)59)44(58)32-12-9-13-35(63-4)39(32)43(41)53)37(57)27-54-18-20-55(21-19-54)50(61)69-51(2,3)31-16-14-30(15-17-31)29-10-7-6-8-11-29/h6-17,28,34,36,38,47-49,53,59-60,62H,18-27H2,1-5H3/t28-,34-,36-,38-,47+,48+,49-,52-/m0/s1. The van der Waals surface area contributed by atoms with E-state index >= 15 is 0 Å². The van der Waals surface area contributed by atoms with E-state index in [1.165, 1.54) is 13.2 Å². The number of amides is 1. The van der Waals surface area contributed by atoms with E-state index in [2.05, 4.69) is 4.90 Å². The van der Waals surface area contributed by atoms with Crippen molar-refractivity contribution in [3.05, 3.63) is 112 Å². The third-order valence-corrected chi connectivity index (χ3v) is 14.8. The maximum Gasteiger partial charge on any atom is 0.410 e. The zero-order chi connectivity index (χ0) is 48.5. The highest BCUT2D eigenvalue weighted by atomic mass is 16.7. The van der Waals surface area contributed by atoms with E-state index in [9.17, 15) is 35.1 Å². The van der Waals surface area contributed by atoms with E-state index in [4.69, 9.17) is 33.2 Å². The van der Waals surface area contributed by atoms with Gasteiger partial charge in [0.05, 0.1) is 54.9 Å². The fourth-order valence-electron chi connectivity index (χ4n) is 11.1. The van der Waals surface area contributed by atoms with Crippen LogP contribution in [0, 0.1) is 5.41 Å². The van der Waals surface area contributed by atoms with Crippen LogP contribution in [0.3, 0.4) is 0 Å². The average molecular weight is 947 g/mol. The van der Waals surface area contributed by atoms with Crippen molar-refractivity contribution in [1.82, 2.24) is 14.7 Å². The molecule has 4 saturated heterocycles. The van der Waals surface area contributed by atoms with Gasteiger partial charge in [0.2, 0.25) is 0 Å². The summed E-state index contributed by atoms with van der Waals surface area (Å²) < 4.78 is 42.5. The summed E-state index contributed by atoms with van der Waals surface area (Å²) in [5.74, 6) is -2.04. The molecule has 0 bridgehead atoms. The van der Waals surface area contributed by atoms with Crippen LogP contribution in [0.5, 0.6) is 17.2 Å². The Labute approximate surface area is 399 Å². The van der Waals surface area contributed by atoms with E-state index in [0.29, 0.717) is 32.7 Å². The predicted octanol–water partition coefficient (Wildman–Crippen LogP) is 5.26. The number of nitrogens with one attached hydrogen (secondary N) is 1. The first-order valence-electron chi connectivity index (χ1n) is 23.5. The van der Waals surface area contributed by atoms with Crippen LogP contribution in [-0.2, 0) is 45.2 Å². The number of ketones is 2. The molecule has 0 spiro atoms. The smallest absolute Gasteiger partial charge is 0.410 e. The van der Waals surface area contributed by atoms with Crippen LogP contribution in [0.2, 0.25) is 0 Å². The molecule has 4 heterocycles. The van der Waals surface area contributed by atoms with Gasteiger partial charge in [-0.3, -0.25) is 24.8 Å². The molecule has 17 heteroatoms. The van der Waals surface area contributed by atoms with Gasteiger partial charge in [0.15, 0.2) is 30.4 Å². The molecule has 4 aromatic rings. The summed E-state index contributed by atoms with van der Waals surface area (Å²) in [6, 6.07) is 22.5. The molecule has 4 fully saturated rings. The number of carbonyl (C=O) groups excluding carboxylic acids is 3. The van der Waals surface area contributed by atoms with Crippen molar-refractivity contribution in [1.29, 1.82) is 5.41 Å². The van der Waals surface area contributed by atoms with Crippen molar-refractivity contribution < 1.29 is 62.9 Å². The fourth-order valence-corrected chi connectivity index (χ4v) is 11.1. The van der Waals surface area contributed by atoms with Crippen molar-refractivity contribution in [2.75, 3.05) is 60.1 Å². The summed E-state index contributed by atoms with van der Waals surface area (Å²) in [7, 11) is 2.97. The van der Waals surface area contributed by atoms with Gasteiger partial charge in [-0.2, -0.15) is 0 Å². The van der Waals surface area contributed by atoms with Gasteiger partial charge in [-0.25, -0.2) is 4.79 Å². The van der Waals surface area contributed by atoms with Gasteiger partial charge < -0.3 is 53.4 Å². The normalized spacial score (nSPS) is 28.0. The van der Waals surface area contributed by atoms with Crippen LogP contribution < -0.4 is 4.74 Å². The summed E-state index contributed by atoms with van der Waals surface area (Å²) in [6.07, 6.45) is -5.07. The summed E-state index contributed by atoms with van der Waals surface area (Å²) in [4.78, 5) is 48.0. The molecular formula is C52H58N4O13. The Morgan fingerprint density at radius 3 is 2.32 bits per heavy atom. The van der Waals surface area contributed by atoms with Crippen molar-refractivity contribution >= 4 is 23.4 Å². The number of aliphatic hydroxyl groups is 1. The first-order valence-corrected chi connectivity index (χ1v) is 23.5. The second-order valence-electron chi connectivity index (χ2n) is 19.2. The summed E-state index contributed by atoms with van der Waals surface area (Å²) in [6.45, 7) is 7.50. The first-order chi connectivity index (χ1) is 33.1. The Morgan fingerprint density at radius 1 is 0.884 bits per heavy atom. The lowest BCUT2D eigenvalue weighted by Crippen LogP contribution is -2.56. The van der Waals surface area contributed by atoms with Crippen molar-refractivity contribution in [2.45, 2.75) is 94.4 Å². The number of phenolic OH excluding ortho intramolecular Hbond substituents is 2. The summed E-state index contributed by atoms with van der Waals surface area (Å²) in [5, 5.41) is 46.3. The van der Waals surface area contributed by atoms with E-state index < -0.39 is 77.8 Å². The molecule has 0 radical (unpaired) electrons. The van der Waals surface area contributed by atoms with E-state index in [1.807, 2.05) is 80.3 Å². The number of phenols is 2. The van der Waals surface area contributed by atoms with Crippen LogP contribution in [0.4, 0.5) is 4.79 Å². The monoisotopic (exact) mass is 946 g/mol. The van der Waals surface area contributed by atoms with Gasteiger partial charge in [-0.15, -0.1) is 0 Å². The third-order valence-electron chi connectivity index (χ3n) is 14.8. The van der Waals surface area contributed by atoms with E-state index in [0.717, 1.165) is 16.7 Å². The van der Waals surface area contributed by atoms with Gasteiger partial charge in [0.1, 0.15) is 34.6 Å². The number of aromatic hydroxyl groups is 2. The topological polar surface area (TPSA) is 210 Å². The molecule has 4 N–H and O–H groups in total. The quantitative estimate of drug-likeness (QED) is 0.132. The molecule has 1 amide bonds. The Bertz CT molecular complexity index is 2670. The lowest BCUT2D eigenvalue weighted by molar-refractivity contribution is -0.256. The molecule has 17 nitrogen and oxygen atoms in total. The molecule has 4 aliphatic heterocycles. The zero-order valence-electron chi connectivity index (χ0n) is 39.3. The van der Waals surface area contributed by atoms with Gasteiger partial charge in [0.25, 0.3) is 0 Å². The number of rotatable bonds is 10. The molecule has 8 atom stereocenters. The van der Waals surface area contributed by atoms with Crippen molar-refractivity contribution in [3.63, 3.8) is 0 Å². The fraction of sp³-hybridized carbons (Fsp3) is 0.462. The van der Waals surface area contributed by atoms with Gasteiger partial charge in [0, 0.05) is 81.8 Å². The molecule has 0 saturated carbocycles. The number of piperazine rings is 1. The molecule has 4 aromatic carbocycles. The minimum atomic E-state index is -2.15.